The number of primary amides is 1. The second-order valence-corrected chi connectivity index (χ2v) is 8.07. The van der Waals surface area contributed by atoms with Gasteiger partial charge in [0.05, 0.1) is 6.04 Å². The van der Waals surface area contributed by atoms with Crippen molar-refractivity contribution >= 4 is 35.6 Å². The summed E-state index contributed by atoms with van der Waals surface area (Å²) in [5.74, 6) is -4.49. The third-order valence-corrected chi connectivity index (χ3v) is 5.08. The highest BCUT2D eigenvalue weighted by Gasteiger charge is 2.32. The molecule has 194 valence electrons. The van der Waals surface area contributed by atoms with Gasteiger partial charge in [-0.1, -0.05) is 20.3 Å². The Kier molecular flexibility index (Phi) is 13.9. The van der Waals surface area contributed by atoms with Gasteiger partial charge in [0.25, 0.3) is 0 Å². The molecule has 14 heteroatoms. The van der Waals surface area contributed by atoms with Crippen LogP contribution < -0.4 is 38.9 Å². The Bertz CT molecular complexity index is 753. The van der Waals surface area contributed by atoms with Crippen LogP contribution in [0.1, 0.15) is 52.9 Å². The first-order valence-corrected chi connectivity index (χ1v) is 11.0. The molecule has 0 aromatic rings. The predicted molar refractivity (Wildman–Crippen MR) is 125 cm³/mol. The summed E-state index contributed by atoms with van der Waals surface area (Å²) in [7, 11) is 0. The van der Waals surface area contributed by atoms with Gasteiger partial charge in [-0.15, -0.1) is 0 Å². The van der Waals surface area contributed by atoms with Gasteiger partial charge < -0.3 is 44.0 Å². The monoisotopic (exact) mass is 486 g/mol. The SMILES string of the molecule is CCC(C)C(NC(=O)C(CCCN=C(N)N)NC(=O)C(C)N)C(=O)NC(CCC(N)=O)C(=O)O. The van der Waals surface area contributed by atoms with Gasteiger partial charge in [0.2, 0.25) is 23.6 Å². The van der Waals surface area contributed by atoms with Crippen molar-refractivity contribution in [2.24, 2.45) is 33.8 Å². The maximum Gasteiger partial charge on any atom is 0.326 e. The lowest BCUT2D eigenvalue weighted by molar-refractivity contribution is -0.143. The van der Waals surface area contributed by atoms with Crippen molar-refractivity contribution in [3.8, 4) is 0 Å². The molecule has 5 atom stereocenters. The van der Waals surface area contributed by atoms with Crippen LogP contribution >= 0.6 is 0 Å². The van der Waals surface area contributed by atoms with Gasteiger partial charge in [-0.2, -0.15) is 0 Å². The van der Waals surface area contributed by atoms with Crippen molar-refractivity contribution in [3.63, 3.8) is 0 Å². The lowest BCUT2D eigenvalue weighted by atomic mass is 9.96. The largest absolute Gasteiger partial charge is 0.480 e. The average Bonchev–Trinajstić information content (AvgIpc) is 2.75. The molecule has 0 aromatic heterocycles. The van der Waals surface area contributed by atoms with Gasteiger partial charge in [0, 0.05) is 13.0 Å². The number of hydrogen-bond donors (Lipinski definition) is 8. The highest BCUT2D eigenvalue weighted by atomic mass is 16.4. The zero-order valence-electron chi connectivity index (χ0n) is 19.9. The van der Waals surface area contributed by atoms with Crippen molar-refractivity contribution < 1.29 is 29.1 Å². The number of nitrogens with one attached hydrogen (secondary N) is 3. The molecular formula is C20H38N8O6. The number of nitrogens with zero attached hydrogens (tertiary/aromatic N) is 1. The molecule has 0 aliphatic carbocycles. The van der Waals surface area contributed by atoms with E-state index in [4.69, 9.17) is 22.9 Å². The van der Waals surface area contributed by atoms with E-state index >= 15 is 0 Å². The summed E-state index contributed by atoms with van der Waals surface area (Å²) in [6.45, 7) is 5.17. The summed E-state index contributed by atoms with van der Waals surface area (Å²) >= 11 is 0. The van der Waals surface area contributed by atoms with E-state index in [9.17, 15) is 29.1 Å². The minimum absolute atomic E-state index is 0.113. The second-order valence-electron chi connectivity index (χ2n) is 8.07. The Hall–Kier alpha value is -3.42. The molecule has 0 saturated heterocycles. The van der Waals surface area contributed by atoms with Crippen LogP contribution in [0.4, 0.5) is 0 Å². The molecule has 0 saturated carbocycles. The maximum atomic E-state index is 13.0. The fourth-order valence-electron chi connectivity index (χ4n) is 2.84. The van der Waals surface area contributed by atoms with Gasteiger partial charge in [-0.3, -0.25) is 24.2 Å². The number of nitrogens with two attached hydrogens (primary N) is 4. The summed E-state index contributed by atoms with van der Waals surface area (Å²) in [5.41, 5.74) is 21.2. The number of carbonyl (C=O) groups excluding carboxylic acids is 4. The molecule has 0 fully saturated rings. The number of carboxylic acid groups (broad SMARTS) is 1. The number of guanidine groups is 1. The van der Waals surface area contributed by atoms with Gasteiger partial charge in [0.1, 0.15) is 18.1 Å². The summed E-state index contributed by atoms with van der Waals surface area (Å²) in [4.78, 5) is 64.3. The summed E-state index contributed by atoms with van der Waals surface area (Å²) in [6.07, 6.45) is 0.558. The Morgan fingerprint density at radius 2 is 1.47 bits per heavy atom. The third-order valence-electron chi connectivity index (χ3n) is 5.08. The molecule has 12 N–H and O–H groups in total. The van der Waals surface area contributed by atoms with Crippen LogP contribution in [0.5, 0.6) is 0 Å². The molecule has 34 heavy (non-hydrogen) atoms. The van der Waals surface area contributed by atoms with E-state index < -0.39 is 53.8 Å². The maximum absolute atomic E-state index is 13.0. The van der Waals surface area contributed by atoms with Crippen LogP contribution in [0.25, 0.3) is 0 Å². The first-order chi connectivity index (χ1) is 15.8. The molecule has 0 aromatic carbocycles. The number of amides is 4. The van der Waals surface area contributed by atoms with E-state index in [2.05, 4.69) is 20.9 Å². The Morgan fingerprint density at radius 3 is 1.94 bits per heavy atom. The van der Waals surface area contributed by atoms with Crippen LogP contribution in [0.15, 0.2) is 4.99 Å². The number of carboxylic acids is 1. The molecule has 0 spiro atoms. The summed E-state index contributed by atoms with van der Waals surface area (Å²) in [6, 6.07) is -4.36. The molecule has 0 rings (SSSR count). The van der Waals surface area contributed by atoms with E-state index in [-0.39, 0.29) is 37.7 Å². The van der Waals surface area contributed by atoms with Crippen LogP contribution in [-0.4, -0.2) is 71.4 Å². The zero-order chi connectivity index (χ0) is 26.4. The quantitative estimate of drug-likeness (QED) is 0.0637. The molecular weight excluding hydrogens is 448 g/mol. The van der Waals surface area contributed by atoms with Gasteiger partial charge >= 0.3 is 5.97 Å². The Labute approximate surface area is 198 Å². The van der Waals surface area contributed by atoms with Gasteiger partial charge in [-0.25, -0.2) is 4.79 Å². The molecule has 5 unspecified atom stereocenters. The number of aliphatic imine (C=N–C) groups is 1. The topological polar surface area (TPSA) is 258 Å². The standard InChI is InChI=1S/C20H38N8O6/c1-4-10(2)15(18(32)27-13(19(33)34)7-8-14(22)29)28-17(31)12(26-16(30)11(3)21)6-5-9-25-20(23)24/h10-13,15H,4-9,21H2,1-3H3,(H2,22,29)(H,26,30)(H,27,32)(H,28,31)(H,33,34)(H4,23,24,25). The number of rotatable bonds is 16. The van der Waals surface area contributed by atoms with E-state index in [1.165, 1.54) is 6.92 Å². The van der Waals surface area contributed by atoms with E-state index in [0.717, 1.165) is 0 Å². The van der Waals surface area contributed by atoms with Crippen molar-refractivity contribution in [3.05, 3.63) is 0 Å². The first-order valence-electron chi connectivity index (χ1n) is 11.0. The predicted octanol–water partition coefficient (Wildman–Crippen LogP) is -2.76. The zero-order valence-corrected chi connectivity index (χ0v) is 19.9. The van der Waals surface area contributed by atoms with Crippen LogP contribution in [-0.2, 0) is 24.0 Å². The van der Waals surface area contributed by atoms with Crippen molar-refractivity contribution in [1.29, 1.82) is 0 Å². The molecule has 0 radical (unpaired) electrons. The van der Waals surface area contributed by atoms with Crippen LogP contribution in [0.2, 0.25) is 0 Å². The van der Waals surface area contributed by atoms with Gasteiger partial charge in [-0.05, 0) is 32.1 Å². The highest BCUT2D eigenvalue weighted by molar-refractivity contribution is 5.94. The fraction of sp³-hybridized carbons (Fsp3) is 0.700. The Morgan fingerprint density at radius 1 is 0.882 bits per heavy atom. The van der Waals surface area contributed by atoms with E-state index in [1.807, 2.05) is 0 Å². The number of hydrogen-bond acceptors (Lipinski definition) is 7. The normalized spacial score (nSPS) is 15.1. The smallest absolute Gasteiger partial charge is 0.326 e. The summed E-state index contributed by atoms with van der Waals surface area (Å²) < 4.78 is 0. The lowest BCUT2D eigenvalue weighted by Crippen LogP contribution is -2.58. The van der Waals surface area contributed by atoms with Gasteiger partial charge in [0.15, 0.2) is 5.96 Å². The number of carbonyl (C=O) groups is 5. The van der Waals surface area contributed by atoms with Crippen LogP contribution in [0.3, 0.4) is 0 Å². The number of aliphatic carboxylic acids is 1. The molecule has 14 nitrogen and oxygen atoms in total. The van der Waals surface area contributed by atoms with Crippen molar-refractivity contribution in [1.82, 2.24) is 16.0 Å². The minimum atomic E-state index is -1.36. The second kappa shape index (κ2) is 15.4. The Balaban J connectivity index is 5.53. The van der Waals surface area contributed by atoms with Crippen molar-refractivity contribution in [2.75, 3.05) is 6.54 Å². The third kappa shape index (κ3) is 12.0. The molecule has 0 aliphatic heterocycles. The van der Waals surface area contributed by atoms with E-state index in [1.54, 1.807) is 13.8 Å². The minimum Gasteiger partial charge on any atom is -0.480 e. The van der Waals surface area contributed by atoms with E-state index in [0.29, 0.717) is 12.8 Å². The molecule has 0 heterocycles. The first kappa shape index (κ1) is 30.6. The highest BCUT2D eigenvalue weighted by Crippen LogP contribution is 2.11. The van der Waals surface area contributed by atoms with Crippen molar-refractivity contribution in [2.45, 2.75) is 77.0 Å². The summed E-state index contributed by atoms with van der Waals surface area (Å²) in [5, 5.41) is 16.8. The molecule has 0 bridgehead atoms. The fourth-order valence-corrected chi connectivity index (χ4v) is 2.84. The lowest BCUT2D eigenvalue weighted by Gasteiger charge is -2.28. The average molecular weight is 487 g/mol. The molecule has 4 amide bonds. The molecule has 0 aliphatic rings. The van der Waals surface area contributed by atoms with Crippen LogP contribution in [0, 0.1) is 5.92 Å².